The number of ketones is 1. The monoisotopic (exact) mass is 283 g/mol. The Kier molecular flexibility index (Phi) is 4.57. The first-order valence-corrected chi connectivity index (χ1v) is 6.36. The van der Waals surface area contributed by atoms with Crippen molar-refractivity contribution in [1.29, 1.82) is 0 Å². The summed E-state index contributed by atoms with van der Waals surface area (Å²) in [5, 5.41) is 3.96. The first-order chi connectivity index (χ1) is 9.66. The molecule has 0 heterocycles. The zero-order chi connectivity index (χ0) is 14.4. The molecule has 0 fully saturated rings. The van der Waals surface area contributed by atoms with Crippen molar-refractivity contribution in [1.82, 2.24) is 5.43 Å². The van der Waals surface area contributed by atoms with Gasteiger partial charge in [0.1, 0.15) is 0 Å². The van der Waals surface area contributed by atoms with Gasteiger partial charge in [0.25, 0.3) is 0 Å². The fraction of sp³-hybridized carbons (Fsp3) is 0. The molecule has 0 spiro atoms. The molecule has 0 unspecified atom stereocenters. The normalized spacial score (nSPS) is 10.4. The second-order valence-electron chi connectivity index (χ2n) is 4.05. The molecule has 100 valence electrons. The summed E-state index contributed by atoms with van der Waals surface area (Å²) in [6.45, 7) is 0. The van der Waals surface area contributed by atoms with Crippen molar-refractivity contribution in [3.8, 4) is 0 Å². The minimum atomic E-state index is -0.00431. The number of rotatable bonds is 4. The van der Waals surface area contributed by atoms with E-state index in [9.17, 15) is 4.79 Å². The van der Waals surface area contributed by atoms with Gasteiger partial charge < -0.3 is 5.73 Å². The Hall–Kier alpha value is -2.53. The molecule has 20 heavy (non-hydrogen) atoms. The van der Waals surface area contributed by atoms with Gasteiger partial charge >= 0.3 is 0 Å². The highest BCUT2D eigenvalue weighted by atomic mass is 32.1. The number of hydrazone groups is 1. The van der Waals surface area contributed by atoms with Crippen LogP contribution < -0.4 is 11.2 Å². The van der Waals surface area contributed by atoms with Crippen LogP contribution in [-0.4, -0.2) is 17.1 Å². The Morgan fingerprint density at radius 2 is 1.65 bits per heavy atom. The summed E-state index contributed by atoms with van der Waals surface area (Å²) in [6, 6.07) is 16.3. The lowest BCUT2D eigenvalue weighted by atomic mass is 10.0. The van der Waals surface area contributed by atoms with Gasteiger partial charge in [-0.05, 0) is 17.8 Å². The highest BCUT2D eigenvalue weighted by Crippen LogP contribution is 2.10. The minimum Gasteiger partial charge on any atom is -0.375 e. The first kappa shape index (κ1) is 13.9. The Balaban J connectivity index is 2.10. The lowest BCUT2D eigenvalue weighted by molar-refractivity contribution is 0.103. The fourth-order valence-electron chi connectivity index (χ4n) is 1.65. The maximum Gasteiger partial charge on any atom is 0.193 e. The summed E-state index contributed by atoms with van der Waals surface area (Å²) in [6.07, 6.45) is 1.58. The van der Waals surface area contributed by atoms with E-state index in [0.717, 1.165) is 5.56 Å². The Morgan fingerprint density at radius 1 is 1.05 bits per heavy atom. The quantitative estimate of drug-likeness (QED) is 0.390. The van der Waals surface area contributed by atoms with Crippen LogP contribution in [0.2, 0.25) is 0 Å². The van der Waals surface area contributed by atoms with Gasteiger partial charge in [-0.2, -0.15) is 5.10 Å². The molecule has 2 rings (SSSR count). The number of carbonyl (C=O) groups is 1. The molecule has 0 aliphatic rings. The van der Waals surface area contributed by atoms with Gasteiger partial charge in [0, 0.05) is 11.1 Å². The van der Waals surface area contributed by atoms with E-state index in [4.69, 9.17) is 5.73 Å². The van der Waals surface area contributed by atoms with E-state index in [1.807, 2.05) is 18.2 Å². The molecule has 0 saturated heterocycles. The van der Waals surface area contributed by atoms with Gasteiger partial charge in [-0.25, -0.2) is 0 Å². The Bertz CT molecular complexity index is 636. The van der Waals surface area contributed by atoms with Crippen molar-refractivity contribution >= 4 is 29.3 Å². The van der Waals surface area contributed by atoms with E-state index in [1.54, 1.807) is 42.6 Å². The molecule has 0 aliphatic carbocycles. The number of benzene rings is 2. The molecule has 0 bridgehead atoms. The molecule has 0 radical (unpaired) electrons. The molecule has 2 aromatic rings. The number of nitrogens with one attached hydrogen (secondary N) is 1. The SMILES string of the molecule is NC(=S)NN=Cc1ccc(C(=O)c2ccccc2)cc1. The third-order valence-electron chi connectivity index (χ3n) is 2.60. The van der Waals surface area contributed by atoms with Crippen molar-refractivity contribution < 1.29 is 4.79 Å². The molecule has 5 heteroatoms. The summed E-state index contributed by atoms with van der Waals surface area (Å²) >= 11 is 4.63. The molecule has 4 nitrogen and oxygen atoms in total. The molecule has 0 aliphatic heterocycles. The lowest BCUT2D eigenvalue weighted by Crippen LogP contribution is -2.23. The molecule has 2 aromatic carbocycles. The highest BCUT2D eigenvalue weighted by Gasteiger charge is 2.07. The van der Waals surface area contributed by atoms with Gasteiger partial charge in [-0.3, -0.25) is 10.2 Å². The standard InChI is InChI=1S/C15H13N3OS/c16-15(20)18-17-10-11-6-8-13(9-7-11)14(19)12-4-2-1-3-5-12/h1-10H,(H3,16,18,20). The summed E-state index contributed by atoms with van der Waals surface area (Å²) in [4.78, 5) is 12.2. The van der Waals surface area contributed by atoms with Gasteiger partial charge in [0.2, 0.25) is 0 Å². The number of hydrogen-bond acceptors (Lipinski definition) is 3. The number of hydrogen-bond donors (Lipinski definition) is 2. The van der Waals surface area contributed by atoms with Crippen molar-refractivity contribution in [2.75, 3.05) is 0 Å². The van der Waals surface area contributed by atoms with Crippen molar-refractivity contribution in [3.63, 3.8) is 0 Å². The maximum atomic E-state index is 12.2. The van der Waals surface area contributed by atoms with Gasteiger partial charge in [0.05, 0.1) is 6.21 Å². The molecule has 0 amide bonds. The first-order valence-electron chi connectivity index (χ1n) is 5.95. The third kappa shape index (κ3) is 3.73. The predicted octanol–water partition coefficient (Wildman–Crippen LogP) is 2.08. The molecule has 0 atom stereocenters. The summed E-state index contributed by atoms with van der Waals surface area (Å²) < 4.78 is 0. The van der Waals surface area contributed by atoms with Crippen LogP contribution in [0, 0.1) is 0 Å². The third-order valence-corrected chi connectivity index (χ3v) is 2.69. The molecular formula is C15H13N3OS. The number of nitrogens with two attached hydrogens (primary N) is 1. The number of carbonyl (C=O) groups excluding carboxylic acids is 1. The summed E-state index contributed by atoms with van der Waals surface area (Å²) in [5.74, 6) is -0.00431. The van der Waals surface area contributed by atoms with Crippen LogP contribution >= 0.6 is 12.2 Å². The second-order valence-corrected chi connectivity index (χ2v) is 4.49. The Morgan fingerprint density at radius 3 is 2.25 bits per heavy atom. The zero-order valence-electron chi connectivity index (χ0n) is 10.6. The van der Waals surface area contributed by atoms with Gasteiger partial charge in [-0.1, -0.05) is 54.6 Å². The topological polar surface area (TPSA) is 67.5 Å². The minimum absolute atomic E-state index is 0.00431. The number of thiocarbonyl (C=S) groups is 1. The van der Waals surface area contributed by atoms with Crippen molar-refractivity contribution in [2.24, 2.45) is 10.8 Å². The van der Waals surface area contributed by atoms with Crippen LogP contribution in [0.3, 0.4) is 0 Å². The van der Waals surface area contributed by atoms with E-state index in [-0.39, 0.29) is 10.9 Å². The Labute approximate surface area is 122 Å². The lowest BCUT2D eigenvalue weighted by Gasteiger charge is -2.01. The predicted molar refractivity (Wildman–Crippen MR) is 83.8 cm³/mol. The zero-order valence-corrected chi connectivity index (χ0v) is 11.4. The maximum absolute atomic E-state index is 12.2. The summed E-state index contributed by atoms with van der Waals surface area (Å²) in [5.41, 5.74) is 9.87. The average Bonchev–Trinajstić information content (AvgIpc) is 2.48. The van der Waals surface area contributed by atoms with Crippen LogP contribution in [0.15, 0.2) is 59.7 Å². The van der Waals surface area contributed by atoms with Crippen LogP contribution in [0.4, 0.5) is 0 Å². The van der Waals surface area contributed by atoms with Crippen LogP contribution in [-0.2, 0) is 0 Å². The van der Waals surface area contributed by atoms with E-state index in [1.165, 1.54) is 0 Å². The highest BCUT2D eigenvalue weighted by molar-refractivity contribution is 7.80. The van der Waals surface area contributed by atoms with Gasteiger partial charge in [-0.15, -0.1) is 0 Å². The summed E-state index contributed by atoms with van der Waals surface area (Å²) in [7, 11) is 0. The van der Waals surface area contributed by atoms with Crippen LogP contribution in [0.5, 0.6) is 0 Å². The molecule has 3 N–H and O–H groups in total. The number of nitrogens with zero attached hydrogens (tertiary/aromatic N) is 1. The van der Waals surface area contributed by atoms with E-state index < -0.39 is 0 Å². The van der Waals surface area contributed by atoms with E-state index >= 15 is 0 Å². The van der Waals surface area contributed by atoms with E-state index in [2.05, 4.69) is 22.7 Å². The molecule has 0 saturated carbocycles. The molecule has 0 aromatic heterocycles. The van der Waals surface area contributed by atoms with Crippen molar-refractivity contribution in [2.45, 2.75) is 0 Å². The molecular weight excluding hydrogens is 270 g/mol. The van der Waals surface area contributed by atoms with Crippen LogP contribution in [0.25, 0.3) is 0 Å². The van der Waals surface area contributed by atoms with Crippen LogP contribution in [0.1, 0.15) is 21.5 Å². The smallest absolute Gasteiger partial charge is 0.193 e. The van der Waals surface area contributed by atoms with E-state index in [0.29, 0.717) is 11.1 Å². The second kappa shape index (κ2) is 6.58. The van der Waals surface area contributed by atoms with Crippen molar-refractivity contribution in [3.05, 3.63) is 71.3 Å². The fourth-order valence-corrected chi connectivity index (χ4v) is 1.70. The largest absolute Gasteiger partial charge is 0.375 e. The average molecular weight is 283 g/mol. The van der Waals surface area contributed by atoms with Gasteiger partial charge in [0.15, 0.2) is 10.9 Å².